The van der Waals surface area contributed by atoms with Crippen LogP contribution in [0.4, 0.5) is 8.78 Å². The standard InChI is InChI=1S/C21H24F2O/c1-2-15-3-7-17(8-4-15)18-9-5-16(6-10-18)14-24-21-12-11-19(22)13-20(21)23/h5-6,9-13,15,17H,2-4,7-8,14H2,1H3. The summed E-state index contributed by atoms with van der Waals surface area (Å²) in [5.41, 5.74) is 2.38. The summed E-state index contributed by atoms with van der Waals surface area (Å²) in [6.45, 7) is 2.56. The lowest BCUT2D eigenvalue weighted by molar-refractivity contribution is 0.289. The summed E-state index contributed by atoms with van der Waals surface area (Å²) in [6, 6.07) is 11.8. The minimum absolute atomic E-state index is 0.0818. The van der Waals surface area contributed by atoms with Gasteiger partial charge in [-0.1, -0.05) is 37.6 Å². The van der Waals surface area contributed by atoms with Crippen LogP contribution in [0.1, 0.15) is 56.1 Å². The van der Waals surface area contributed by atoms with Crippen LogP contribution in [0.5, 0.6) is 5.75 Å². The van der Waals surface area contributed by atoms with Crippen molar-refractivity contribution < 1.29 is 13.5 Å². The second kappa shape index (κ2) is 7.78. The summed E-state index contributed by atoms with van der Waals surface area (Å²) in [7, 11) is 0. The van der Waals surface area contributed by atoms with E-state index in [1.165, 1.54) is 49.8 Å². The molecular weight excluding hydrogens is 306 g/mol. The third kappa shape index (κ3) is 4.14. The fourth-order valence-corrected chi connectivity index (χ4v) is 3.54. The van der Waals surface area contributed by atoms with Crippen LogP contribution in [0.3, 0.4) is 0 Å². The van der Waals surface area contributed by atoms with E-state index in [2.05, 4.69) is 19.1 Å². The predicted molar refractivity (Wildman–Crippen MR) is 92.1 cm³/mol. The molecule has 0 aliphatic heterocycles. The first-order chi connectivity index (χ1) is 11.7. The van der Waals surface area contributed by atoms with Crippen LogP contribution in [0.25, 0.3) is 0 Å². The molecule has 2 aromatic rings. The van der Waals surface area contributed by atoms with E-state index < -0.39 is 11.6 Å². The second-order valence-electron chi connectivity index (χ2n) is 6.73. The van der Waals surface area contributed by atoms with Crippen molar-refractivity contribution in [1.82, 2.24) is 0 Å². The van der Waals surface area contributed by atoms with Gasteiger partial charge in [0.1, 0.15) is 12.4 Å². The van der Waals surface area contributed by atoms with E-state index in [0.29, 0.717) is 5.92 Å². The highest BCUT2D eigenvalue weighted by molar-refractivity contribution is 5.28. The summed E-state index contributed by atoms with van der Waals surface area (Å²) in [6.07, 6.45) is 6.50. The van der Waals surface area contributed by atoms with Crippen molar-refractivity contribution in [2.75, 3.05) is 0 Å². The molecule has 0 spiro atoms. The SMILES string of the molecule is CCC1CCC(c2ccc(COc3ccc(F)cc3F)cc2)CC1. The van der Waals surface area contributed by atoms with Crippen molar-refractivity contribution in [2.45, 2.75) is 51.6 Å². The third-order valence-corrected chi connectivity index (χ3v) is 5.16. The Morgan fingerprint density at radius 2 is 1.67 bits per heavy atom. The monoisotopic (exact) mass is 330 g/mol. The molecule has 0 heterocycles. The number of hydrogen-bond acceptors (Lipinski definition) is 1. The molecule has 3 rings (SSSR count). The van der Waals surface area contributed by atoms with Crippen LogP contribution in [-0.2, 0) is 6.61 Å². The topological polar surface area (TPSA) is 9.23 Å². The van der Waals surface area contributed by atoms with E-state index in [-0.39, 0.29) is 12.4 Å². The van der Waals surface area contributed by atoms with Crippen molar-refractivity contribution in [3.8, 4) is 5.75 Å². The van der Waals surface area contributed by atoms with Gasteiger partial charge in [-0.05, 0) is 60.8 Å². The number of rotatable bonds is 5. The van der Waals surface area contributed by atoms with E-state index in [4.69, 9.17) is 4.74 Å². The molecule has 0 radical (unpaired) electrons. The van der Waals surface area contributed by atoms with Gasteiger partial charge in [0.05, 0.1) is 0 Å². The molecule has 0 bridgehead atoms. The molecule has 0 atom stereocenters. The van der Waals surface area contributed by atoms with Crippen LogP contribution in [0.15, 0.2) is 42.5 Å². The summed E-state index contributed by atoms with van der Waals surface area (Å²) in [5.74, 6) is 0.386. The fourth-order valence-electron chi connectivity index (χ4n) is 3.54. The Balaban J connectivity index is 1.57. The lowest BCUT2D eigenvalue weighted by Gasteiger charge is -2.28. The van der Waals surface area contributed by atoms with E-state index in [0.717, 1.165) is 17.5 Å². The molecule has 1 fully saturated rings. The Labute approximate surface area is 142 Å². The van der Waals surface area contributed by atoms with Gasteiger partial charge in [-0.2, -0.15) is 0 Å². The van der Waals surface area contributed by atoms with Gasteiger partial charge in [-0.3, -0.25) is 0 Å². The van der Waals surface area contributed by atoms with Crippen molar-refractivity contribution in [3.63, 3.8) is 0 Å². The predicted octanol–water partition coefficient (Wildman–Crippen LogP) is 6.23. The molecular formula is C21H24F2O. The van der Waals surface area contributed by atoms with Gasteiger partial charge < -0.3 is 4.74 Å². The van der Waals surface area contributed by atoms with Crippen molar-refractivity contribution >= 4 is 0 Å². The smallest absolute Gasteiger partial charge is 0.167 e. The van der Waals surface area contributed by atoms with Gasteiger partial charge >= 0.3 is 0 Å². The zero-order chi connectivity index (χ0) is 16.9. The maximum atomic E-state index is 13.6. The fraction of sp³-hybridized carbons (Fsp3) is 0.429. The minimum Gasteiger partial charge on any atom is -0.486 e. The van der Waals surface area contributed by atoms with E-state index in [1.807, 2.05) is 12.1 Å². The van der Waals surface area contributed by atoms with Crippen LogP contribution in [-0.4, -0.2) is 0 Å². The van der Waals surface area contributed by atoms with Gasteiger partial charge in [0.15, 0.2) is 11.6 Å². The van der Waals surface area contributed by atoms with Crippen molar-refractivity contribution in [1.29, 1.82) is 0 Å². The number of ether oxygens (including phenoxy) is 1. The Hall–Kier alpha value is -1.90. The molecule has 0 N–H and O–H groups in total. The molecule has 24 heavy (non-hydrogen) atoms. The van der Waals surface area contributed by atoms with Crippen LogP contribution in [0, 0.1) is 17.6 Å². The Bertz CT molecular complexity index is 658. The van der Waals surface area contributed by atoms with Crippen molar-refractivity contribution in [3.05, 3.63) is 65.2 Å². The van der Waals surface area contributed by atoms with Gasteiger partial charge in [-0.25, -0.2) is 8.78 Å². The molecule has 3 heteroatoms. The van der Waals surface area contributed by atoms with Gasteiger partial charge in [0.25, 0.3) is 0 Å². The maximum Gasteiger partial charge on any atom is 0.167 e. The lowest BCUT2D eigenvalue weighted by Crippen LogP contribution is -2.12. The van der Waals surface area contributed by atoms with Gasteiger partial charge in [0, 0.05) is 6.07 Å². The molecule has 1 saturated carbocycles. The molecule has 2 aromatic carbocycles. The molecule has 0 saturated heterocycles. The van der Waals surface area contributed by atoms with Gasteiger partial charge in [0.2, 0.25) is 0 Å². The largest absolute Gasteiger partial charge is 0.486 e. The summed E-state index contributed by atoms with van der Waals surface area (Å²) >= 11 is 0. The molecule has 1 nitrogen and oxygen atoms in total. The first-order valence-electron chi connectivity index (χ1n) is 8.82. The van der Waals surface area contributed by atoms with E-state index >= 15 is 0 Å². The number of benzene rings is 2. The minimum atomic E-state index is -0.667. The molecule has 128 valence electrons. The molecule has 0 amide bonds. The molecule has 1 aliphatic rings. The first kappa shape index (κ1) is 16.9. The quantitative estimate of drug-likeness (QED) is 0.631. The highest BCUT2D eigenvalue weighted by atomic mass is 19.1. The summed E-state index contributed by atoms with van der Waals surface area (Å²) < 4.78 is 31.9. The Kier molecular flexibility index (Phi) is 5.49. The molecule has 0 unspecified atom stereocenters. The zero-order valence-corrected chi connectivity index (χ0v) is 14.1. The maximum absolute atomic E-state index is 13.6. The second-order valence-corrected chi connectivity index (χ2v) is 6.73. The third-order valence-electron chi connectivity index (χ3n) is 5.16. The van der Waals surface area contributed by atoms with E-state index in [1.54, 1.807) is 0 Å². The average Bonchev–Trinajstić information content (AvgIpc) is 2.62. The molecule has 1 aliphatic carbocycles. The zero-order valence-electron chi connectivity index (χ0n) is 14.1. The number of halogens is 2. The highest BCUT2D eigenvalue weighted by Gasteiger charge is 2.21. The Morgan fingerprint density at radius 1 is 0.958 bits per heavy atom. The number of hydrogen-bond donors (Lipinski definition) is 0. The lowest BCUT2D eigenvalue weighted by atomic mass is 9.78. The van der Waals surface area contributed by atoms with Crippen LogP contribution in [0.2, 0.25) is 0 Å². The van der Waals surface area contributed by atoms with Crippen LogP contribution < -0.4 is 4.74 Å². The molecule has 0 aromatic heterocycles. The van der Waals surface area contributed by atoms with Crippen LogP contribution >= 0.6 is 0 Å². The highest BCUT2D eigenvalue weighted by Crippen LogP contribution is 2.36. The summed E-state index contributed by atoms with van der Waals surface area (Å²) in [5, 5.41) is 0. The average molecular weight is 330 g/mol. The summed E-state index contributed by atoms with van der Waals surface area (Å²) in [4.78, 5) is 0. The van der Waals surface area contributed by atoms with Crippen molar-refractivity contribution in [2.24, 2.45) is 5.92 Å². The van der Waals surface area contributed by atoms with E-state index in [9.17, 15) is 8.78 Å². The van der Waals surface area contributed by atoms with Gasteiger partial charge in [-0.15, -0.1) is 0 Å². The first-order valence-corrected chi connectivity index (χ1v) is 8.82. The normalized spacial score (nSPS) is 20.8. The Morgan fingerprint density at radius 3 is 2.29 bits per heavy atom.